The molecule has 2 aromatic heterocycles. The highest BCUT2D eigenvalue weighted by atomic mass is 32.2. The van der Waals surface area contributed by atoms with Gasteiger partial charge in [0.1, 0.15) is 0 Å². The van der Waals surface area contributed by atoms with Gasteiger partial charge in [-0.15, -0.1) is 11.3 Å². The zero-order chi connectivity index (χ0) is 23.3. The maximum Gasteiger partial charge on any atom is 0.264 e. The molecule has 32 heavy (non-hydrogen) atoms. The van der Waals surface area contributed by atoms with Gasteiger partial charge in [0.15, 0.2) is 4.34 Å². The summed E-state index contributed by atoms with van der Waals surface area (Å²) >= 11 is 2.60. The zero-order valence-electron chi connectivity index (χ0n) is 17.1. The molecule has 168 valence electrons. The van der Waals surface area contributed by atoms with Crippen molar-refractivity contribution in [3.05, 3.63) is 53.3 Å². The van der Waals surface area contributed by atoms with Gasteiger partial charge in [-0.2, -0.15) is 0 Å². The van der Waals surface area contributed by atoms with Crippen molar-refractivity contribution < 1.29 is 18.0 Å². The second-order valence-corrected chi connectivity index (χ2v) is 10.9. The first-order valence-corrected chi connectivity index (χ1v) is 12.4. The van der Waals surface area contributed by atoms with Gasteiger partial charge in [-0.25, -0.2) is 28.1 Å². The fourth-order valence-electron chi connectivity index (χ4n) is 2.47. The Balaban J connectivity index is 1.61. The first-order valence-electron chi connectivity index (χ1n) is 9.26. The fraction of sp³-hybridized carbons (Fsp3) is 0.211. The van der Waals surface area contributed by atoms with Crippen LogP contribution in [0.3, 0.4) is 0 Å². The minimum Gasteiger partial charge on any atom is -0.369 e. The molecule has 10 nitrogen and oxygen atoms in total. The quantitative estimate of drug-likeness (QED) is 0.384. The lowest BCUT2D eigenvalue weighted by atomic mass is 10.3. The summed E-state index contributed by atoms with van der Waals surface area (Å²) in [4.78, 5) is 36.5. The Bertz CT molecular complexity index is 1210. The second-order valence-electron chi connectivity index (χ2n) is 6.58. The number of nitrogens with one attached hydrogen (secondary N) is 2. The molecular weight excluding hydrogens is 472 g/mol. The van der Waals surface area contributed by atoms with E-state index < -0.39 is 21.2 Å². The number of thioether (sulfide) groups is 1. The Hall–Kier alpha value is -3.03. The fourth-order valence-corrected chi connectivity index (χ4v) is 5.82. The molecule has 4 N–H and O–H groups in total. The molecule has 0 radical (unpaired) electrons. The average Bonchev–Trinajstić information content (AvgIpc) is 3.06. The number of primary amides is 1. The third-order valence-corrected chi connectivity index (χ3v) is 7.77. The average molecular weight is 493 g/mol. The van der Waals surface area contributed by atoms with Crippen LogP contribution in [-0.2, 0) is 26.0 Å². The maximum atomic E-state index is 12.5. The second kappa shape index (κ2) is 10.1. The van der Waals surface area contributed by atoms with Crippen LogP contribution in [0.15, 0.2) is 52.0 Å². The monoisotopic (exact) mass is 492 g/mol. The van der Waals surface area contributed by atoms with E-state index in [0.717, 1.165) is 10.6 Å². The number of sulfonamides is 1. The number of nitrogens with zero attached hydrogens (tertiary/aromatic N) is 3. The number of carbonyl (C=O) groups excluding carboxylic acids is 2. The van der Waals surface area contributed by atoms with Crippen molar-refractivity contribution in [1.82, 2.24) is 15.0 Å². The molecule has 13 heteroatoms. The number of hydrogen-bond acceptors (Lipinski definition) is 9. The number of aryl methyl sites for hydroxylation is 1. The van der Waals surface area contributed by atoms with Crippen LogP contribution in [0.2, 0.25) is 0 Å². The minimum atomic E-state index is -3.86. The molecule has 0 fully saturated rings. The lowest BCUT2D eigenvalue weighted by molar-refractivity contribution is -0.117. The van der Waals surface area contributed by atoms with Crippen molar-refractivity contribution in [2.45, 2.75) is 34.8 Å². The van der Waals surface area contributed by atoms with E-state index in [-0.39, 0.29) is 23.2 Å². The number of aromatic nitrogens is 3. The number of benzene rings is 1. The van der Waals surface area contributed by atoms with E-state index in [2.05, 4.69) is 25.0 Å². The molecule has 0 saturated carbocycles. The van der Waals surface area contributed by atoms with Crippen LogP contribution in [0.4, 0.5) is 11.6 Å². The first-order chi connectivity index (χ1) is 15.1. The van der Waals surface area contributed by atoms with Crippen LogP contribution >= 0.6 is 23.1 Å². The van der Waals surface area contributed by atoms with Crippen molar-refractivity contribution in [2.24, 2.45) is 5.73 Å². The van der Waals surface area contributed by atoms with Gasteiger partial charge in [0.2, 0.25) is 17.8 Å². The van der Waals surface area contributed by atoms with Crippen molar-refractivity contribution in [2.75, 3.05) is 10.0 Å². The lowest BCUT2D eigenvalue weighted by Gasteiger charge is -2.11. The van der Waals surface area contributed by atoms with Crippen molar-refractivity contribution in [1.29, 1.82) is 0 Å². The topological polar surface area (TPSA) is 157 Å². The maximum absolute atomic E-state index is 12.5. The van der Waals surface area contributed by atoms with Crippen LogP contribution in [-0.4, -0.2) is 40.4 Å². The summed E-state index contributed by atoms with van der Waals surface area (Å²) < 4.78 is 27.8. The summed E-state index contributed by atoms with van der Waals surface area (Å²) in [5.41, 5.74) is 6.40. The predicted molar refractivity (Wildman–Crippen MR) is 123 cm³/mol. The highest BCUT2D eigenvalue weighted by molar-refractivity contribution is 8.02. The summed E-state index contributed by atoms with van der Waals surface area (Å²) in [6, 6.07) is 7.31. The Morgan fingerprint density at radius 2 is 1.84 bits per heavy atom. The molecule has 0 saturated heterocycles. The van der Waals surface area contributed by atoms with E-state index in [9.17, 15) is 18.0 Å². The van der Waals surface area contributed by atoms with E-state index in [1.165, 1.54) is 59.8 Å². The Kier molecular flexibility index (Phi) is 7.43. The molecule has 0 aliphatic heterocycles. The van der Waals surface area contributed by atoms with Crippen LogP contribution < -0.4 is 15.8 Å². The molecule has 0 aliphatic rings. The van der Waals surface area contributed by atoms with E-state index in [1.807, 2.05) is 0 Å². The molecule has 0 spiro atoms. The summed E-state index contributed by atoms with van der Waals surface area (Å²) in [5.74, 6) is -0.742. The smallest absolute Gasteiger partial charge is 0.264 e. The number of thiazole rings is 1. The summed E-state index contributed by atoms with van der Waals surface area (Å²) in [6.45, 7) is 3.52. The molecule has 2 heterocycles. The van der Waals surface area contributed by atoms with Gasteiger partial charge in [-0.3, -0.25) is 9.59 Å². The first kappa shape index (κ1) is 23.6. The Labute approximate surface area is 193 Å². The molecule has 0 bridgehead atoms. The Morgan fingerprint density at radius 1 is 1.19 bits per heavy atom. The molecular formula is C19H20N6O4S3. The van der Waals surface area contributed by atoms with Crippen molar-refractivity contribution >= 4 is 56.6 Å². The molecule has 0 aliphatic carbocycles. The van der Waals surface area contributed by atoms with E-state index in [0.29, 0.717) is 10.0 Å². The minimum absolute atomic E-state index is 0.00520. The molecule has 1 aromatic carbocycles. The molecule has 3 rings (SSSR count). The molecule has 1 unspecified atom stereocenters. The molecule has 3 aromatic rings. The van der Waals surface area contributed by atoms with Crippen LogP contribution in [0, 0.1) is 6.92 Å². The summed E-state index contributed by atoms with van der Waals surface area (Å²) in [7, 11) is -3.86. The van der Waals surface area contributed by atoms with Gasteiger partial charge < -0.3 is 11.1 Å². The van der Waals surface area contributed by atoms with Gasteiger partial charge in [-0.1, -0.05) is 11.8 Å². The van der Waals surface area contributed by atoms with Gasteiger partial charge in [0, 0.05) is 23.0 Å². The summed E-state index contributed by atoms with van der Waals surface area (Å²) in [6.07, 6.45) is 2.97. The largest absolute Gasteiger partial charge is 0.369 e. The van der Waals surface area contributed by atoms with Crippen LogP contribution in [0.1, 0.15) is 17.5 Å². The highest BCUT2D eigenvalue weighted by Crippen LogP contribution is 2.31. The number of amides is 2. The lowest BCUT2D eigenvalue weighted by Crippen LogP contribution is -2.22. The number of rotatable bonds is 9. The molecule has 1 atom stereocenters. The third-order valence-electron chi connectivity index (χ3n) is 4.08. The van der Waals surface area contributed by atoms with Crippen LogP contribution in [0.5, 0.6) is 0 Å². The standard InChI is InChI=1S/C19H20N6O4S3/c1-11-15(10-16(20)26)31-19(23-11)30-12(2)17(27)24-13-4-6-14(7-5-13)32(28,29)25-18-21-8-3-9-22-18/h3-9,12H,10H2,1-2H3,(H2,20,26)(H,24,27)(H,21,22,25). The number of carbonyl (C=O) groups is 2. The highest BCUT2D eigenvalue weighted by Gasteiger charge is 2.20. The van der Waals surface area contributed by atoms with E-state index in [4.69, 9.17) is 5.73 Å². The normalized spacial score (nSPS) is 12.2. The Morgan fingerprint density at radius 3 is 2.47 bits per heavy atom. The van der Waals surface area contributed by atoms with Gasteiger partial charge in [0.05, 0.1) is 22.3 Å². The van der Waals surface area contributed by atoms with E-state index in [1.54, 1.807) is 19.9 Å². The van der Waals surface area contributed by atoms with E-state index >= 15 is 0 Å². The number of hydrogen-bond donors (Lipinski definition) is 3. The predicted octanol–water partition coefficient (Wildman–Crippen LogP) is 2.19. The van der Waals surface area contributed by atoms with Crippen molar-refractivity contribution in [3.63, 3.8) is 0 Å². The van der Waals surface area contributed by atoms with Gasteiger partial charge >= 0.3 is 0 Å². The number of nitrogens with two attached hydrogens (primary N) is 1. The van der Waals surface area contributed by atoms with Crippen LogP contribution in [0.25, 0.3) is 0 Å². The van der Waals surface area contributed by atoms with Gasteiger partial charge in [0.25, 0.3) is 10.0 Å². The zero-order valence-corrected chi connectivity index (χ0v) is 19.6. The third kappa shape index (κ3) is 6.24. The van der Waals surface area contributed by atoms with Gasteiger partial charge in [-0.05, 0) is 44.2 Å². The SMILES string of the molecule is Cc1nc(SC(C)C(=O)Nc2ccc(S(=O)(=O)Nc3ncccn3)cc2)sc1CC(N)=O. The molecule has 2 amide bonds. The summed E-state index contributed by atoms with van der Waals surface area (Å²) in [5, 5.41) is 2.28. The number of anilines is 2. The van der Waals surface area contributed by atoms with Crippen molar-refractivity contribution in [3.8, 4) is 0 Å².